The van der Waals surface area contributed by atoms with E-state index in [-0.39, 0.29) is 0 Å². The molecule has 2 aromatic carbocycles. The van der Waals surface area contributed by atoms with Gasteiger partial charge >= 0.3 is 0 Å². The molecule has 0 fully saturated rings. The fourth-order valence-corrected chi connectivity index (χ4v) is 3.32. The molecular weight excluding hydrogens is 370 g/mol. The number of ether oxygens (including phenoxy) is 2. The van der Waals surface area contributed by atoms with Crippen LogP contribution in [0.2, 0.25) is 5.02 Å². The third-order valence-electron chi connectivity index (χ3n) is 4.83. The molecular formula is C24H34ClNO2. The summed E-state index contributed by atoms with van der Waals surface area (Å²) in [6.45, 7) is 9.15. The van der Waals surface area contributed by atoms with Crippen molar-refractivity contribution in [3.8, 4) is 11.5 Å². The molecule has 0 heterocycles. The van der Waals surface area contributed by atoms with Crippen molar-refractivity contribution in [3.05, 3.63) is 58.1 Å². The highest BCUT2D eigenvalue weighted by Gasteiger charge is 2.12. The van der Waals surface area contributed by atoms with Gasteiger partial charge in [-0.05, 0) is 49.6 Å². The molecule has 2 rings (SSSR count). The van der Waals surface area contributed by atoms with Crippen molar-refractivity contribution in [2.75, 3.05) is 13.2 Å². The van der Waals surface area contributed by atoms with Crippen LogP contribution in [-0.2, 0) is 13.2 Å². The van der Waals surface area contributed by atoms with Crippen LogP contribution >= 0.6 is 11.6 Å². The molecule has 0 saturated heterocycles. The van der Waals surface area contributed by atoms with Gasteiger partial charge < -0.3 is 14.8 Å². The van der Waals surface area contributed by atoms with E-state index in [1.54, 1.807) is 0 Å². The Labute approximate surface area is 175 Å². The van der Waals surface area contributed by atoms with Crippen molar-refractivity contribution in [3.63, 3.8) is 0 Å². The lowest BCUT2D eigenvalue weighted by Gasteiger charge is -2.16. The van der Waals surface area contributed by atoms with E-state index >= 15 is 0 Å². The van der Waals surface area contributed by atoms with E-state index in [1.807, 2.05) is 31.2 Å². The van der Waals surface area contributed by atoms with Gasteiger partial charge in [0.1, 0.15) is 6.61 Å². The number of nitrogens with one attached hydrogen (secondary N) is 1. The standard InChI is InChI=1S/C24H34ClNO2/c1-4-6-7-8-11-14-26-17-21-15-23(27-5-2)24(16-22(21)25)28-18-20-13-10-9-12-19(20)3/h9-10,12-13,15-16,26H,4-8,11,14,17-18H2,1-3H3. The normalized spacial score (nSPS) is 10.9. The smallest absolute Gasteiger partial charge is 0.163 e. The molecule has 28 heavy (non-hydrogen) atoms. The summed E-state index contributed by atoms with van der Waals surface area (Å²) >= 11 is 6.52. The summed E-state index contributed by atoms with van der Waals surface area (Å²) in [5.74, 6) is 1.44. The highest BCUT2D eigenvalue weighted by molar-refractivity contribution is 6.31. The molecule has 0 spiro atoms. The summed E-state index contributed by atoms with van der Waals surface area (Å²) in [5.41, 5.74) is 3.42. The average molecular weight is 404 g/mol. The minimum absolute atomic E-state index is 0.498. The Balaban J connectivity index is 1.95. The maximum atomic E-state index is 6.52. The zero-order valence-corrected chi connectivity index (χ0v) is 18.3. The van der Waals surface area contributed by atoms with Crippen molar-refractivity contribution < 1.29 is 9.47 Å². The maximum absolute atomic E-state index is 6.52. The van der Waals surface area contributed by atoms with Crippen molar-refractivity contribution in [1.29, 1.82) is 0 Å². The second kappa shape index (κ2) is 12.7. The predicted molar refractivity (Wildman–Crippen MR) is 119 cm³/mol. The fourth-order valence-electron chi connectivity index (χ4n) is 3.10. The van der Waals surface area contributed by atoms with Crippen LogP contribution in [0.15, 0.2) is 36.4 Å². The van der Waals surface area contributed by atoms with E-state index in [0.29, 0.717) is 24.0 Å². The average Bonchev–Trinajstić information content (AvgIpc) is 2.69. The van der Waals surface area contributed by atoms with Crippen LogP contribution in [0, 0.1) is 6.92 Å². The Hall–Kier alpha value is -1.71. The van der Waals surface area contributed by atoms with Gasteiger partial charge in [-0.2, -0.15) is 0 Å². The number of hydrogen-bond donors (Lipinski definition) is 1. The number of rotatable bonds is 13. The van der Waals surface area contributed by atoms with Crippen LogP contribution in [0.3, 0.4) is 0 Å². The highest BCUT2D eigenvalue weighted by Crippen LogP contribution is 2.34. The van der Waals surface area contributed by atoms with Crippen LogP contribution in [0.4, 0.5) is 0 Å². The van der Waals surface area contributed by atoms with Crippen LogP contribution < -0.4 is 14.8 Å². The van der Waals surface area contributed by atoms with Gasteiger partial charge in [-0.15, -0.1) is 0 Å². The van der Waals surface area contributed by atoms with Gasteiger partial charge in [0.2, 0.25) is 0 Å². The van der Waals surface area contributed by atoms with Gasteiger partial charge in [-0.1, -0.05) is 68.5 Å². The molecule has 0 amide bonds. The first-order valence-electron chi connectivity index (χ1n) is 10.5. The molecule has 0 aromatic heterocycles. The molecule has 0 atom stereocenters. The topological polar surface area (TPSA) is 30.5 Å². The first-order chi connectivity index (χ1) is 13.7. The van der Waals surface area contributed by atoms with Crippen molar-refractivity contribution in [2.45, 2.75) is 66.0 Å². The van der Waals surface area contributed by atoms with Crippen LogP contribution in [0.5, 0.6) is 11.5 Å². The van der Waals surface area contributed by atoms with E-state index in [0.717, 1.165) is 30.0 Å². The minimum Gasteiger partial charge on any atom is -0.490 e. The van der Waals surface area contributed by atoms with Crippen LogP contribution in [0.1, 0.15) is 62.6 Å². The van der Waals surface area contributed by atoms with E-state index in [1.165, 1.54) is 37.7 Å². The second-order valence-electron chi connectivity index (χ2n) is 7.13. The van der Waals surface area contributed by atoms with Crippen molar-refractivity contribution in [2.24, 2.45) is 0 Å². The van der Waals surface area contributed by atoms with Gasteiger partial charge in [0.25, 0.3) is 0 Å². The van der Waals surface area contributed by atoms with Crippen molar-refractivity contribution in [1.82, 2.24) is 5.32 Å². The zero-order chi connectivity index (χ0) is 20.2. The van der Waals surface area contributed by atoms with E-state index in [2.05, 4.69) is 31.3 Å². The Morgan fingerprint density at radius 1 is 0.893 bits per heavy atom. The Bertz CT molecular complexity index is 718. The first-order valence-corrected chi connectivity index (χ1v) is 10.9. The van der Waals surface area contributed by atoms with Gasteiger partial charge in [-0.25, -0.2) is 0 Å². The molecule has 4 heteroatoms. The lowest BCUT2D eigenvalue weighted by molar-refractivity contribution is 0.268. The van der Waals surface area contributed by atoms with E-state index in [9.17, 15) is 0 Å². The van der Waals surface area contributed by atoms with Gasteiger partial charge in [-0.3, -0.25) is 0 Å². The Morgan fingerprint density at radius 3 is 2.39 bits per heavy atom. The Kier molecular flexibility index (Phi) is 10.2. The quantitative estimate of drug-likeness (QED) is 0.378. The molecule has 0 saturated carbocycles. The third kappa shape index (κ3) is 7.37. The third-order valence-corrected chi connectivity index (χ3v) is 5.18. The molecule has 0 unspecified atom stereocenters. The summed E-state index contributed by atoms with van der Waals surface area (Å²) in [5, 5.41) is 4.20. The zero-order valence-electron chi connectivity index (χ0n) is 17.5. The molecule has 3 nitrogen and oxygen atoms in total. The molecule has 0 aliphatic rings. The molecule has 0 aliphatic carbocycles. The first kappa shape index (κ1) is 22.6. The molecule has 2 aromatic rings. The monoisotopic (exact) mass is 403 g/mol. The number of unbranched alkanes of at least 4 members (excludes halogenated alkanes) is 4. The molecule has 0 aliphatic heterocycles. The maximum Gasteiger partial charge on any atom is 0.163 e. The summed E-state index contributed by atoms with van der Waals surface area (Å²) in [4.78, 5) is 0. The highest BCUT2D eigenvalue weighted by atomic mass is 35.5. The largest absolute Gasteiger partial charge is 0.490 e. The number of benzene rings is 2. The summed E-state index contributed by atoms with van der Waals surface area (Å²) in [6.07, 6.45) is 6.41. The number of halogens is 1. The summed E-state index contributed by atoms with van der Waals surface area (Å²) in [7, 11) is 0. The molecule has 0 radical (unpaired) electrons. The van der Waals surface area contributed by atoms with E-state index < -0.39 is 0 Å². The summed E-state index contributed by atoms with van der Waals surface area (Å²) in [6, 6.07) is 12.1. The van der Waals surface area contributed by atoms with E-state index in [4.69, 9.17) is 21.1 Å². The molecule has 154 valence electrons. The summed E-state index contributed by atoms with van der Waals surface area (Å²) < 4.78 is 11.9. The molecule has 0 bridgehead atoms. The lowest BCUT2D eigenvalue weighted by atomic mass is 10.1. The van der Waals surface area contributed by atoms with Crippen LogP contribution in [-0.4, -0.2) is 13.2 Å². The lowest BCUT2D eigenvalue weighted by Crippen LogP contribution is -2.15. The van der Waals surface area contributed by atoms with Gasteiger partial charge in [0.15, 0.2) is 11.5 Å². The second-order valence-corrected chi connectivity index (χ2v) is 7.54. The van der Waals surface area contributed by atoms with Gasteiger partial charge in [0, 0.05) is 17.6 Å². The van der Waals surface area contributed by atoms with Crippen molar-refractivity contribution >= 4 is 11.6 Å². The van der Waals surface area contributed by atoms with Gasteiger partial charge in [0.05, 0.1) is 6.61 Å². The Morgan fingerprint density at radius 2 is 1.64 bits per heavy atom. The minimum atomic E-state index is 0.498. The molecule has 1 N–H and O–H groups in total. The number of hydrogen-bond acceptors (Lipinski definition) is 3. The number of aryl methyl sites for hydroxylation is 1. The van der Waals surface area contributed by atoms with Crippen LogP contribution in [0.25, 0.3) is 0 Å². The predicted octanol–water partition coefficient (Wildman–Crippen LogP) is 6.69. The SMILES string of the molecule is CCCCCCCNCc1cc(OCC)c(OCc2ccccc2C)cc1Cl. The fraction of sp³-hybridized carbons (Fsp3) is 0.500.